The largest absolute Gasteiger partial charge is 0.345 e. The van der Waals surface area contributed by atoms with Gasteiger partial charge in [0.1, 0.15) is 0 Å². The van der Waals surface area contributed by atoms with E-state index in [0.717, 1.165) is 5.56 Å². The van der Waals surface area contributed by atoms with Gasteiger partial charge in [-0.2, -0.15) is 15.3 Å². The molecule has 0 aliphatic carbocycles. The number of amides is 2. The normalized spacial score (nSPS) is 14.1. The van der Waals surface area contributed by atoms with Crippen molar-refractivity contribution in [1.29, 1.82) is 0 Å². The first kappa shape index (κ1) is 22.5. The molecule has 170 valence electrons. The Morgan fingerprint density at radius 1 is 0.941 bits per heavy atom. The summed E-state index contributed by atoms with van der Waals surface area (Å²) in [4.78, 5) is 38.4. The minimum absolute atomic E-state index is 0.0809. The zero-order chi connectivity index (χ0) is 24.2. The molecule has 0 atom stereocenters. The first-order valence-corrected chi connectivity index (χ1v) is 10.5. The van der Waals surface area contributed by atoms with Crippen LogP contribution in [-0.4, -0.2) is 42.3 Å². The van der Waals surface area contributed by atoms with E-state index in [-0.39, 0.29) is 11.6 Å². The zero-order valence-electron chi connectivity index (χ0n) is 18.9. The van der Waals surface area contributed by atoms with Gasteiger partial charge in [-0.1, -0.05) is 12.1 Å². The average Bonchev–Trinajstić information content (AvgIpc) is 2.83. The van der Waals surface area contributed by atoms with Gasteiger partial charge in [-0.3, -0.25) is 19.8 Å². The molecule has 0 saturated carbocycles. The number of hydrogen-bond donors (Lipinski definition) is 2. The van der Waals surface area contributed by atoms with Gasteiger partial charge >= 0.3 is 0 Å². The van der Waals surface area contributed by atoms with Gasteiger partial charge in [0.2, 0.25) is 5.78 Å². The summed E-state index contributed by atoms with van der Waals surface area (Å²) in [6, 6.07) is 18.9. The molecule has 2 amide bonds. The van der Waals surface area contributed by atoms with E-state index in [4.69, 9.17) is 0 Å². The van der Waals surface area contributed by atoms with E-state index < -0.39 is 11.7 Å². The highest BCUT2D eigenvalue weighted by molar-refractivity contribution is 6.72. The molecule has 0 fully saturated rings. The number of nitrogens with one attached hydrogen (secondary N) is 2. The topological polar surface area (TPSA) is 116 Å². The van der Waals surface area contributed by atoms with Crippen LogP contribution in [0.3, 0.4) is 0 Å². The van der Waals surface area contributed by atoms with Crippen LogP contribution in [0.15, 0.2) is 82.1 Å². The molecule has 0 saturated heterocycles. The van der Waals surface area contributed by atoms with Gasteiger partial charge in [-0.15, -0.1) is 0 Å². The van der Waals surface area contributed by atoms with Crippen LogP contribution in [0.25, 0.3) is 0 Å². The van der Waals surface area contributed by atoms with E-state index in [1.165, 1.54) is 4.90 Å². The molecular weight excluding hydrogens is 432 g/mol. The Hall–Kier alpha value is -4.66. The van der Waals surface area contributed by atoms with Crippen LogP contribution in [0, 0.1) is 6.92 Å². The lowest BCUT2D eigenvalue weighted by molar-refractivity contribution is -0.110. The fraction of sp³-hybridized carbons (Fsp3) is 0.120. The van der Waals surface area contributed by atoms with Crippen LogP contribution in [0.1, 0.15) is 26.3 Å². The number of ketones is 1. The van der Waals surface area contributed by atoms with Crippen LogP contribution < -0.4 is 10.7 Å². The van der Waals surface area contributed by atoms with Gasteiger partial charge in [-0.25, -0.2) is 0 Å². The Kier molecular flexibility index (Phi) is 6.26. The lowest BCUT2D eigenvalue weighted by Crippen LogP contribution is -2.36. The molecule has 0 radical (unpaired) electrons. The van der Waals surface area contributed by atoms with Crippen molar-refractivity contribution in [2.24, 2.45) is 15.3 Å². The van der Waals surface area contributed by atoms with Crippen LogP contribution in [0.4, 0.5) is 22.7 Å². The molecular formula is C25H22N6O3. The summed E-state index contributed by atoms with van der Waals surface area (Å²) < 4.78 is 0. The van der Waals surface area contributed by atoms with E-state index in [0.29, 0.717) is 33.9 Å². The number of Topliss-reactive ketones (excluding diaryl/α,β-unsaturated/α-hetero) is 1. The highest BCUT2D eigenvalue weighted by Crippen LogP contribution is 2.26. The van der Waals surface area contributed by atoms with Crippen LogP contribution in [0.5, 0.6) is 0 Å². The van der Waals surface area contributed by atoms with E-state index >= 15 is 0 Å². The second-order valence-electron chi connectivity index (χ2n) is 7.85. The Labute approximate surface area is 196 Å². The van der Waals surface area contributed by atoms with E-state index in [9.17, 15) is 14.4 Å². The number of anilines is 2. The van der Waals surface area contributed by atoms with Crippen molar-refractivity contribution in [2.75, 3.05) is 24.8 Å². The monoisotopic (exact) mass is 454 g/mol. The molecule has 2 N–H and O–H groups in total. The predicted molar refractivity (Wildman–Crippen MR) is 130 cm³/mol. The summed E-state index contributed by atoms with van der Waals surface area (Å²) in [5, 5.41) is 15.2. The molecule has 0 unspecified atom stereocenters. The Morgan fingerprint density at radius 3 is 2.38 bits per heavy atom. The molecule has 3 aromatic carbocycles. The number of fused-ring (bicyclic) bond motifs is 1. The second kappa shape index (κ2) is 9.45. The smallest absolute Gasteiger partial charge is 0.280 e. The molecule has 9 nitrogen and oxygen atoms in total. The zero-order valence-corrected chi connectivity index (χ0v) is 18.9. The predicted octanol–water partition coefficient (Wildman–Crippen LogP) is 4.72. The van der Waals surface area contributed by atoms with Crippen molar-refractivity contribution in [1.82, 2.24) is 4.90 Å². The third-order valence-electron chi connectivity index (χ3n) is 5.14. The number of hydrogen-bond acceptors (Lipinski definition) is 7. The van der Waals surface area contributed by atoms with E-state index in [2.05, 4.69) is 26.1 Å². The second-order valence-corrected chi connectivity index (χ2v) is 7.85. The molecule has 4 rings (SSSR count). The van der Waals surface area contributed by atoms with Gasteiger partial charge in [0, 0.05) is 25.2 Å². The summed E-state index contributed by atoms with van der Waals surface area (Å²) >= 11 is 0. The summed E-state index contributed by atoms with van der Waals surface area (Å²) in [5.74, 6) is -1.08. The van der Waals surface area contributed by atoms with Crippen LogP contribution in [-0.2, 0) is 4.79 Å². The lowest BCUT2D eigenvalue weighted by atomic mass is 10.0. The fourth-order valence-electron chi connectivity index (χ4n) is 3.30. The van der Waals surface area contributed by atoms with Crippen molar-refractivity contribution in [3.8, 4) is 0 Å². The summed E-state index contributed by atoms with van der Waals surface area (Å²) in [5.41, 5.74) is 6.68. The lowest BCUT2D eigenvalue weighted by Gasteiger charge is -2.16. The van der Waals surface area contributed by atoms with Crippen molar-refractivity contribution < 1.29 is 14.4 Å². The minimum Gasteiger partial charge on any atom is -0.345 e. The van der Waals surface area contributed by atoms with Gasteiger partial charge in [0.05, 0.1) is 22.7 Å². The number of benzene rings is 3. The Balaban J connectivity index is 1.46. The summed E-state index contributed by atoms with van der Waals surface area (Å²) in [7, 11) is 3.40. The molecule has 9 heteroatoms. The molecule has 0 aromatic heterocycles. The Morgan fingerprint density at radius 2 is 1.68 bits per heavy atom. The molecule has 34 heavy (non-hydrogen) atoms. The maximum atomic E-state index is 12.6. The fourth-order valence-corrected chi connectivity index (χ4v) is 3.30. The number of para-hydroxylation sites is 1. The molecule has 0 spiro atoms. The highest BCUT2D eigenvalue weighted by Gasteiger charge is 2.30. The van der Waals surface area contributed by atoms with Crippen molar-refractivity contribution in [3.63, 3.8) is 0 Å². The van der Waals surface area contributed by atoms with E-state index in [1.807, 2.05) is 6.92 Å². The quantitative estimate of drug-likeness (QED) is 0.429. The number of nitrogens with zero attached hydrogens (tertiary/aromatic N) is 4. The first-order valence-electron chi connectivity index (χ1n) is 10.5. The maximum Gasteiger partial charge on any atom is 0.280 e. The first-order chi connectivity index (χ1) is 16.3. The molecule has 1 aliphatic rings. The van der Waals surface area contributed by atoms with Crippen LogP contribution >= 0.6 is 0 Å². The summed E-state index contributed by atoms with van der Waals surface area (Å²) in [6.45, 7) is 1.86. The maximum absolute atomic E-state index is 12.6. The summed E-state index contributed by atoms with van der Waals surface area (Å²) in [6.07, 6.45) is 0. The molecule has 3 aromatic rings. The third kappa shape index (κ3) is 4.73. The molecule has 1 heterocycles. The van der Waals surface area contributed by atoms with Gasteiger partial charge in [0.25, 0.3) is 11.8 Å². The molecule has 1 aliphatic heterocycles. The van der Waals surface area contributed by atoms with Gasteiger partial charge < -0.3 is 10.2 Å². The molecule has 0 bridgehead atoms. The number of carbonyl (C=O) groups excluding carboxylic acids is 3. The Bertz CT molecular complexity index is 1340. The standard InChI is InChI=1S/C25H22N6O3/c1-15-14-18(28-30-22-23(32)19-6-4-5-7-21(19)26-24(22)33)12-13-20(15)29-27-17-10-8-16(9-11-17)25(34)31(2)3/h4-14,28H,1-3H3,(H,26,33)/b29-27+,30-22+. The number of rotatable bonds is 5. The minimum atomic E-state index is -0.559. The number of hydrazone groups is 1. The third-order valence-corrected chi connectivity index (χ3v) is 5.14. The average molecular weight is 454 g/mol. The van der Waals surface area contributed by atoms with Gasteiger partial charge in [0.15, 0.2) is 5.71 Å². The van der Waals surface area contributed by atoms with Gasteiger partial charge in [-0.05, 0) is 67.1 Å². The van der Waals surface area contributed by atoms with Crippen LogP contribution in [0.2, 0.25) is 0 Å². The van der Waals surface area contributed by atoms with Crippen molar-refractivity contribution in [2.45, 2.75) is 6.92 Å². The number of carbonyl (C=O) groups is 3. The van der Waals surface area contributed by atoms with Crippen molar-refractivity contribution >= 4 is 46.1 Å². The highest BCUT2D eigenvalue weighted by atomic mass is 16.2. The SMILES string of the molecule is Cc1cc(N/N=C2/C(=O)Nc3ccccc3C2=O)ccc1/N=N/c1ccc(C(=O)N(C)C)cc1. The number of aryl methyl sites for hydroxylation is 1. The number of azo groups is 1. The van der Waals surface area contributed by atoms with E-state index in [1.54, 1.807) is 80.8 Å². The van der Waals surface area contributed by atoms with Crippen molar-refractivity contribution in [3.05, 3.63) is 83.4 Å².